The largest absolute Gasteiger partial charge is 0.461 e. The van der Waals surface area contributed by atoms with Gasteiger partial charge in [-0.3, -0.25) is 14.4 Å². The van der Waals surface area contributed by atoms with Crippen molar-refractivity contribution in [1.82, 2.24) is 20.2 Å². The zero-order chi connectivity index (χ0) is 37.1. The summed E-state index contributed by atoms with van der Waals surface area (Å²) in [5.74, 6) is -2.53. The van der Waals surface area contributed by atoms with Crippen molar-refractivity contribution in [2.24, 2.45) is 11.7 Å². The van der Waals surface area contributed by atoms with Gasteiger partial charge in [0.15, 0.2) is 0 Å². The quantitative estimate of drug-likeness (QED) is 0.127. The van der Waals surface area contributed by atoms with Crippen LogP contribution in [-0.4, -0.2) is 73.7 Å². The Morgan fingerprint density at radius 1 is 0.980 bits per heavy atom. The van der Waals surface area contributed by atoms with Gasteiger partial charge in [0.05, 0.1) is 36.6 Å². The van der Waals surface area contributed by atoms with Gasteiger partial charge in [-0.1, -0.05) is 93.1 Å². The highest BCUT2D eigenvalue weighted by Gasteiger charge is 2.42. The van der Waals surface area contributed by atoms with Crippen LogP contribution in [0, 0.1) is 5.92 Å². The number of amides is 3. The standard InChI is InChI=1S/C39H49N5O7/c1-6-25(2)35(33(45)21-34(46)50-23-26-13-8-7-9-14-26)43-36(47)32(20-29-22-41-24-42-29)44(38(49)51-39(3,4)5)37(48)31(40)19-28-17-12-16-27-15-10-11-18-30(27)28/h7-18,22,24-25,31-33,35,45H,6,19-21,23,40H2,1-5H3,(H,41,42)(H,43,47)/t25?,31-,32+,33?,35?/m0/s1. The molecule has 5 atom stereocenters. The van der Waals surface area contributed by atoms with E-state index in [2.05, 4.69) is 15.3 Å². The fraction of sp³-hybridized carbons (Fsp3) is 0.410. The predicted molar refractivity (Wildman–Crippen MR) is 193 cm³/mol. The van der Waals surface area contributed by atoms with Gasteiger partial charge in [-0.25, -0.2) is 14.7 Å². The van der Waals surface area contributed by atoms with Gasteiger partial charge in [0.25, 0.3) is 0 Å². The summed E-state index contributed by atoms with van der Waals surface area (Å²) in [5, 5.41) is 16.0. The van der Waals surface area contributed by atoms with Crippen molar-refractivity contribution in [1.29, 1.82) is 0 Å². The molecule has 0 spiro atoms. The van der Waals surface area contributed by atoms with Crippen LogP contribution in [0.25, 0.3) is 10.8 Å². The van der Waals surface area contributed by atoms with Crippen molar-refractivity contribution < 1.29 is 33.8 Å². The van der Waals surface area contributed by atoms with Crippen molar-refractivity contribution in [2.45, 2.75) is 96.7 Å². The monoisotopic (exact) mass is 699 g/mol. The first-order valence-corrected chi connectivity index (χ1v) is 17.2. The molecule has 12 nitrogen and oxygen atoms in total. The molecule has 4 aromatic rings. The number of carbonyl (C=O) groups excluding carboxylic acids is 4. The van der Waals surface area contributed by atoms with Crippen LogP contribution < -0.4 is 11.1 Å². The molecule has 51 heavy (non-hydrogen) atoms. The van der Waals surface area contributed by atoms with Crippen molar-refractivity contribution in [3.63, 3.8) is 0 Å². The number of nitrogens with two attached hydrogens (primary N) is 1. The van der Waals surface area contributed by atoms with E-state index in [0.717, 1.165) is 26.8 Å². The van der Waals surface area contributed by atoms with E-state index in [1.807, 2.05) is 86.6 Å². The van der Waals surface area contributed by atoms with E-state index in [9.17, 15) is 24.3 Å². The summed E-state index contributed by atoms with van der Waals surface area (Å²) in [6.07, 6.45) is 0.631. The van der Waals surface area contributed by atoms with Crippen LogP contribution in [0.2, 0.25) is 0 Å². The molecule has 1 heterocycles. The van der Waals surface area contributed by atoms with E-state index >= 15 is 0 Å². The number of hydrogen-bond donors (Lipinski definition) is 4. The predicted octanol–water partition coefficient (Wildman–Crippen LogP) is 4.83. The molecule has 272 valence electrons. The number of fused-ring (bicyclic) bond motifs is 1. The van der Waals surface area contributed by atoms with E-state index in [0.29, 0.717) is 12.1 Å². The summed E-state index contributed by atoms with van der Waals surface area (Å²) in [7, 11) is 0. The second kappa shape index (κ2) is 17.7. The van der Waals surface area contributed by atoms with E-state index in [1.54, 1.807) is 27.0 Å². The van der Waals surface area contributed by atoms with Crippen LogP contribution >= 0.6 is 0 Å². The molecule has 5 N–H and O–H groups in total. The maximum atomic E-state index is 14.4. The van der Waals surface area contributed by atoms with Crippen molar-refractivity contribution in [3.05, 3.63) is 102 Å². The Labute approximate surface area is 298 Å². The zero-order valence-electron chi connectivity index (χ0n) is 29.9. The summed E-state index contributed by atoms with van der Waals surface area (Å²) in [4.78, 5) is 63.2. The third-order valence-electron chi connectivity index (χ3n) is 8.64. The molecule has 4 rings (SSSR count). The SMILES string of the molecule is CCC(C)C(NC(=O)[C@@H](Cc1c[nH]cn1)N(C(=O)OC(C)(C)C)C(=O)[C@@H](N)Cc1cccc2ccccc12)C(O)CC(=O)OCc1ccccc1. The summed E-state index contributed by atoms with van der Waals surface area (Å²) < 4.78 is 11.1. The number of aromatic nitrogens is 2. The van der Waals surface area contributed by atoms with Gasteiger partial charge in [-0.15, -0.1) is 0 Å². The third-order valence-corrected chi connectivity index (χ3v) is 8.64. The Hall–Kier alpha value is -5.07. The Morgan fingerprint density at radius 2 is 1.67 bits per heavy atom. The first-order chi connectivity index (χ1) is 24.3. The summed E-state index contributed by atoms with van der Waals surface area (Å²) in [6, 6.07) is 18.9. The second-order valence-corrected chi connectivity index (χ2v) is 13.8. The molecule has 0 radical (unpaired) electrons. The van der Waals surface area contributed by atoms with Gasteiger partial charge in [0.1, 0.15) is 18.2 Å². The smallest absolute Gasteiger partial charge is 0.417 e. The van der Waals surface area contributed by atoms with E-state index < -0.39 is 60.1 Å². The molecule has 3 aromatic carbocycles. The maximum Gasteiger partial charge on any atom is 0.417 e. The van der Waals surface area contributed by atoms with Crippen LogP contribution in [0.5, 0.6) is 0 Å². The number of carbonyl (C=O) groups is 4. The van der Waals surface area contributed by atoms with Crippen LogP contribution in [0.3, 0.4) is 0 Å². The van der Waals surface area contributed by atoms with Gasteiger partial charge in [0.2, 0.25) is 11.8 Å². The number of nitrogens with zero attached hydrogens (tertiary/aromatic N) is 2. The summed E-state index contributed by atoms with van der Waals surface area (Å²) in [6.45, 7) is 8.69. The van der Waals surface area contributed by atoms with Crippen molar-refractivity contribution in [3.8, 4) is 0 Å². The lowest BCUT2D eigenvalue weighted by Gasteiger charge is -2.35. The number of H-pyrrole nitrogens is 1. The van der Waals surface area contributed by atoms with E-state index in [-0.39, 0.29) is 25.4 Å². The topological polar surface area (TPSA) is 177 Å². The van der Waals surface area contributed by atoms with Crippen molar-refractivity contribution in [2.75, 3.05) is 0 Å². The number of benzene rings is 3. The molecule has 0 aliphatic rings. The average Bonchev–Trinajstić information content (AvgIpc) is 3.62. The Morgan fingerprint density at radius 3 is 2.33 bits per heavy atom. The minimum absolute atomic E-state index is 0.0322. The fourth-order valence-electron chi connectivity index (χ4n) is 5.78. The first kappa shape index (κ1) is 38.7. The molecule has 1 aromatic heterocycles. The minimum Gasteiger partial charge on any atom is -0.461 e. The Bertz CT molecular complexity index is 1750. The first-order valence-electron chi connectivity index (χ1n) is 17.2. The molecule has 0 fully saturated rings. The Balaban J connectivity index is 1.63. The molecule has 0 saturated heterocycles. The maximum absolute atomic E-state index is 14.4. The van der Waals surface area contributed by atoms with Gasteiger partial charge >= 0.3 is 12.1 Å². The molecule has 3 unspecified atom stereocenters. The van der Waals surface area contributed by atoms with Crippen LogP contribution in [0.4, 0.5) is 4.79 Å². The van der Waals surface area contributed by atoms with Crippen LogP contribution in [0.15, 0.2) is 85.3 Å². The lowest BCUT2D eigenvalue weighted by atomic mass is 9.92. The number of nitrogens with one attached hydrogen (secondary N) is 2. The van der Waals surface area contributed by atoms with Gasteiger partial charge in [-0.05, 0) is 55.0 Å². The van der Waals surface area contributed by atoms with Crippen molar-refractivity contribution >= 4 is 34.6 Å². The highest BCUT2D eigenvalue weighted by Crippen LogP contribution is 2.23. The van der Waals surface area contributed by atoms with Gasteiger partial charge in [0, 0.05) is 12.6 Å². The molecule has 0 bridgehead atoms. The lowest BCUT2D eigenvalue weighted by molar-refractivity contribution is -0.148. The average molecular weight is 700 g/mol. The molecule has 0 aliphatic heterocycles. The number of hydrogen-bond acceptors (Lipinski definition) is 9. The lowest BCUT2D eigenvalue weighted by Crippen LogP contribution is -2.61. The number of aromatic amines is 1. The number of esters is 1. The molecule has 0 saturated carbocycles. The highest BCUT2D eigenvalue weighted by atomic mass is 16.6. The number of imide groups is 1. The van der Waals surface area contributed by atoms with Crippen LogP contribution in [-0.2, 0) is 43.3 Å². The van der Waals surface area contributed by atoms with Crippen LogP contribution in [0.1, 0.15) is 64.3 Å². The zero-order valence-corrected chi connectivity index (χ0v) is 29.9. The Kier molecular flexibility index (Phi) is 13.5. The highest BCUT2D eigenvalue weighted by molar-refractivity contribution is 6.00. The summed E-state index contributed by atoms with van der Waals surface area (Å²) in [5.41, 5.74) is 7.52. The molecular weight excluding hydrogens is 650 g/mol. The molecular formula is C39H49N5O7. The van der Waals surface area contributed by atoms with Gasteiger partial charge < -0.3 is 30.6 Å². The normalized spacial score (nSPS) is 14.5. The number of aliphatic hydroxyl groups is 1. The minimum atomic E-state index is -1.47. The molecule has 3 amide bonds. The number of aliphatic hydroxyl groups excluding tert-OH is 1. The van der Waals surface area contributed by atoms with Gasteiger partial charge in [-0.2, -0.15) is 0 Å². The van der Waals surface area contributed by atoms with E-state index in [4.69, 9.17) is 15.2 Å². The molecule has 0 aliphatic carbocycles. The second-order valence-electron chi connectivity index (χ2n) is 13.8. The van der Waals surface area contributed by atoms with E-state index in [1.165, 1.54) is 6.33 Å². The fourth-order valence-corrected chi connectivity index (χ4v) is 5.78. The summed E-state index contributed by atoms with van der Waals surface area (Å²) >= 11 is 0. The molecule has 12 heteroatoms. The number of imidazole rings is 1. The number of rotatable bonds is 15. The third kappa shape index (κ3) is 11.0. The number of ether oxygens (including phenoxy) is 2.